The van der Waals surface area contributed by atoms with Crippen molar-refractivity contribution in [1.29, 1.82) is 5.26 Å². The van der Waals surface area contributed by atoms with Crippen LogP contribution in [-0.2, 0) is 13.6 Å². The molecule has 0 amide bonds. The van der Waals surface area contributed by atoms with Crippen LogP contribution in [0.15, 0.2) is 12.1 Å². The molecule has 0 aromatic carbocycles. The van der Waals surface area contributed by atoms with E-state index in [1.807, 2.05) is 6.07 Å². The molecular formula is C12H16NO4PS. The maximum atomic E-state index is 12.6. The molecule has 0 spiro atoms. The summed E-state index contributed by atoms with van der Waals surface area (Å²) in [4.78, 5) is 12.3. The molecule has 1 atom stereocenters. The minimum absolute atomic E-state index is 0.0874. The number of hydrogen-bond acceptors (Lipinski definition) is 6. The monoisotopic (exact) mass is 301 g/mol. The first-order valence-corrected chi connectivity index (χ1v) is 8.30. The van der Waals surface area contributed by atoms with E-state index < -0.39 is 13.3 Å². The molecule has 0 saturated heterocycles. The Hall–Kier alpha value is -0.990. The first-order chi connectivity index (χ1) is 8.98. The minimum atomic E-state index is -3.53. The number of nitriles is 1. The molecule has 104 valence electrons. The molecule has 0 aliphatic heterocycles. The Kier molecular flexibility index (Phi) is 5.89. The van der Waals surface area contributed by atoms with E-state index in [4.69, 9.17) is 9.05 Å². The van der Waals surface area contributed by atoms with Crippen molar-refractivity contribution in [1.82, 2.24) is 0 Å². The summed E-state index contributed by atoms with van der Waals surface area (Å²) in [6.45, 7) is 5.22. The Morgan fingerprint density at radius 3 is 2.37 bits per heavy atom. The van der Waals surface area contributed by atoms with Crippen LogP contribution >= 0.6 is 18.9 Å². The summed E-state index contributed by atoms with van der Waals surface area (Å²) in [7, 11) is -3.53. The Balaban J connectivity index is 3.13. The van der Waals surface area contributed by atoms with Gasteiger partial charge in [-0.2, -0.15) is 5.26 Å². The van der Waals surface area contributed by atoms with Crippen molar-refractivity contribution in [3.05, 3.63) is 21.9 Å². The molecule has 1 aromatic heterocycles. The third kappa shape index (κ3) is 3.74. The molecule has 0 bridgehead atoms. The molecule has 1 aromatic rings. The van der Waals surface area contributed by atoms with Gasteiger partial charge in [-0.15, -0.1) is 11.3 Å². The van der Waals surface area contributed by atoms with Gasteiger partial charge in [0.15, 0.2) is 11.4 Å². The molecule has 1 unspecified atom stereocenters. The quantitative estimate of drug-likeness (QED) is 0.566. The van der Waals surface area contributed by atoms with Crippen molar-refractivity contribution < 1.29 is 18.4 Å². The first kappa shape index (κ1) is 16.1. The van der Waals surface area contributed by atoms with E-state index in [0.717, 1.165) is 11.3 Å². The number of ketones is 1. The Labute approximate surface area is 116 Å². The molecule has 5 nitrogen and oxygen atoms in total. The van der Waals surface area contributed by atoms with Gasteiger partial charge in [0.25, 0.3) is 0 Å². The van der Waals surface area contributed by atoms with E-state index in [-0.39, 0.29) is 19.0 Å². The fourth-order valence-corrected chi connectivity index (χ4v) is 4.54. The van der Waals surface area contributed by atoms with Gasteiger partial charge in [0, 0.05) is 4.88 Å². The third-order valence-corrected chi connectivity index (χ3v) is 5.99. The summed E-state index contributed by atoms with van der Waals surface area (Å²) in [5.41, 5.74) is -0.995. The van der Waals surface area contributed by atoms with Gasteiger partial charge in [0.1, 0.15) is 0 Å². The molecular weight excluding hydrogens is 285 g/mol. The van der Waals surface area contributed by atoms with Crippen LogP contribution in [-0.4, -0.2) is 19.0 Å². The number of rotatable bonds is 7. The smallest absolute Gasteiger partial charge is 0.308 e. The summed E-state index contributed by atoms with van der Waals surface area (Å²) in [5.74, 6) is -0.0874. The third-order valence-electron chi connectivity index (χ3n) is 2.30. The van der Waals surface area contributed by atoms with Crippen molar-refractivity contribution >= 4 is 24.7 Å². The lowest BCUT2D eigenvalue weighted by Gasteiger charge is -2.20. The molecule has 0 aliphatic rings. The number of carbonyl (C=O) groups excluding carboxylic acids is 1. The van der Waals surface area contributed by atoms with Crippen LogP contribution in [0.4, 0.5) is 0 Å². The standard InChI is InChI=1S/C12H16NO4PS/c1-4-16-18(15,17-5-2)10(8-13)12-7-6-11(19-12)9(3)14/h6-7,10H,4-5H2,1-3H3. The van der Waals surface area contributed by atoms with Crippen LogP contribution in [0.1, 0.15) is 41.0 Å². The largest absolute Gasteiger partial charge is 0.353 e. The highest BCUT2D eigenvalue weighted by Crippen LogP contribution is 2.61. The summed E-state index contributed by atoms with van der Waals surface area (Å²) in [5, 5.41) is 9.26. The molecule has 0 aliphatic carbocycles. The maximum Gasteiger partial charge on any atom is 0.353 e. The normalized spacial score (nSPS) is 12.9. The van der Waals surface area contributed by atoms with Crippen molar-refractivity contribution in [2.45, 2.75) is 26.4 Å². The van der Waals surface area contributed by atoms with Crippen molar-refractivity contribution in [2.75, 3.05) is 13.2 Å². The zero-order valence-electron chi connectivity index (χ0n) is 11.1. The van der Waals surface area contributed by atoms with Gasteiger partial charge in [-0.05, 0) is 32.9 Å². The second kappa shape index (κ2) is 6.97. The lowest BCUT2D eigenvalue weighted by atomic mass is 10.3. The fraction of sp³-hybridized carbons (Fsp3) is 0.500. The van der Waals surface area contributed by atoms with E-state index in [9.17, 15) is 14.6 Å². The van der Waals surface area contributed by atoms with E-state index >= 15 is 0 Å². The summed E-state index contributed by atoms with van der Waals surface area (Å²) in [6, 6.07) is 5.21. The van der Waals surface area contributed by atoms with E-state index in [1.54, 1.807) is 26.0 Å². The second-order valence-electron chi connectivity index (χ2n) is 3.67. The summed E-state index contributed by atoms with van der Waals surface area (Å²) in [6.07, 6.45) is 0. The van der Waals surface area contributed by atoms with Crippen molar-refractivity contribution in [2.24, 2.45) is 0 Å². The van der Waals surface area contributed by atoms with Crippen molar-refractivity contribution in [3.63, 3.8) is 0 Å². The minimum Gasteiger partial charge on any atom is -0.308 e. The van der Waals surface area contributed by atoms with Gasteiger partial charge in [-0.3, -0.25) is 9.36 Å². The fourth-order valence-electron chi connectivity index (χ4n) is 1.53. The van der Waals surface area contributed by atoms with Gasteiger partial charge in [-0.25, -0.2) is 0 Å². The average molecular weight is 301 g/mol. The molecule has 1 heterocycles. The Morgan fingerprint density at radius 1 is 1.42 bits per heavy atom. The van der Waals surface area contributed by atoms with Crippen LogP contribution in [0, 0.1) is 11.3 Å². The number of hydrogen-bond donors (Lipinski definition) is 0. The second-order valence-corrected chi connectivity index (χ2v) is 6.89. The summed E-state index contributed by atoms with van der Waals surface area (Å²) < 4.78 is 22.9. The molecule has 0 N–H and O–H groups in total. The maximum absolute atomic E-state index is 12.6. The van der Waals surface area contributed by atoms with Gasteiger partial charge in [-0.1, -0.05) is 0 Å². The number of nitrogens with zero attached hydrogens (tertiary/aromatic N) is 1. The number of carbonyl (C=O) groups is 1. The SMILES string of the molecule is CCOP(=O)(OCC)C(C#N)c1ccc(C(C)=O)s1. The topological polar surface area (TPSA) is 76.4 Å². The summed E-state index contributed by atoms with van der Waals surface area (Å²) >= 11 is 1.15. The van der Waals surface area contributed by atoms with Crippen LogP contribution in [0.3, 0.4) is 0 Å². The van der Waals surface area contributed by atoms with Gasteiger partial charge < -0.3 is 9.05 Å². The number of thiophene rings is 1. The predicted octanol–water partition coefficient (Wildman–Crippen LogP) is 3.78. The highest BCUT2D eigenvalue weighted by Gasteiger charge is 2.38. The highest BCUT2D eigenvalue weighted by molar-refractivity contribution is 7.55. The van der Waals surface area contributed by atoms with Crippen LogP contribution in [0.2, 0.25) is 0 Å². The van der Waals surface area contributed by atoms with Crippen molar-refractivity contribution in [3.8, 4) is 6.07 Å². The zero-order chi connectivity index (χ0) is 14.5. The van der Waals surface area contributed by atoms with Crippen LogP contribution in [0.5, 0.6) is 0 Å². The number of Topliss-reactive ketones (excluding diaryl/α,β-unsaturated/α-hetero) is 1. The lowest BCUT2D eigenvalue weighted by Crippen LogP contribution is -2.04. The molecule has 0 radical (unpaired) electrons. The molecule has 7 heteroatoms. The van der Waals surface area contributed by atoms with Gasteiger partial charge in [0.2, 0.25) is 0 Å². The first-order valence-electron chi connectivity index (χ1n) is 5.87. The van der Waals surface area contributed by atoms with Gasteiger partial charge >= 0.3 is 7.60 Å². The van der Waals surface area contributed by atoms with E-state index in [1.165, 1.54) is 6.92 Å². The molecule has 1 rings (SSSR count). The van der Waals surface area contributed by atoms with Gasteiger partial charge in [0.05, 0.1) is 24.2 Å². The average Bonchev–Trinajstić information content (AvgIpc) is 2.79. The lowest BCUT2D eigenvalue weighted by molar-refractivity contribution is 0.102. The van der Waals surface area contributed by atoms with Crippen LogP contribution in [0.25, 0.3) is 0 Å². The van der Waals surface area contributed by atoms with E-state index in [2.05, 4.69) is 0 Å². The Morgan fingerprint density at radius 2 is 2.00 bits per heavy atom. The molecule has 0 saturated carbocycles. The zero-order valence-corrected chi connectivity index (χ0v) is 12.8. The predicted molar refractivity (Wildman–Crippen MR) is 73.5 cm³/mol. The van der Waals surface area contributed by atoms with E-state index in [0.29, 0.717) is 9.75 Å². The Bertz CT molecular complexity index is 524. The highest BCUT2D eigenvalue weighted by atomic mass is 32.1. The molecule has 0 fully saturated rings. The van der Waals surface area contributed by atoms with Crippen LogP contribution < -0.4 is 0 Å². The molecule has 19 heavy (non-hydrogen) atoms.